The lowest BCUT2D eigenvalue weighted by Gasteiger charge is -2.36. The lowest BCUT2D eigenvalue weighted by atomic mass is 9.83. The molecule has 0 radical (unpaired) electrons. The Balaban J connectivity index is 1.85. The van der Waals surface area contributed by atoms with Gasteiger partial charge in [0.15, 0.2) is 0 Å². The molecule has 0 aliphatic heterocycles. The molecule has 2 rings (SSSR count). The topological polar surface area (TPSA) is 139 Å². The summed E-state index contributed by atoms with van der Waals surface area (Å²) < 4.78 is 5.90. The first kappa shape index (κ1) is 21.9. The van der Waals surface area contributed by atoms with Crippen LogP contribution in [-0.4, -0.2) is 53.2 Å². The molecular formula is C19H31N5O4. The van der Waals surface area contributed by atoms with Crippen molar-refractivity contribution >= 4 is 17.7 Å². The van der Waals surface area contributed by atoms with Crippen molar-refractivity contribution in [2.24, 2.45) is 11.7 Å². The number of nitrogens with zero attached hydrogens (tertiary/aromatic N) is 1. The molecule has 0 unspecified atom stereocenters. The summed E-state index contributed by atoms with van der Waals surface area (Å²) in [5, 5.41) is 12.3. The number of carbonyl (C=O) groups excluding carboxylic acids is 3. The fourth-order valence-electron chi connectivity index (χ4n) is 3.47. The highest BCUT2D eigenvalue weighted by Crippen LogP contribution is 2.27. The number of hydrogen-bond acceptors (Lipinski definition) is 5. The van der Waals surface area contributed by atoms with E-state index in [2.05, 4.69) is 20.8 Å². The van der Waals surface area contributed by atoms with Crippen molar-refractivity contribution < 1.29 is 19.1 Å². The van der Waals surface area contributed by atoms with Gasteiger partial charge in [0.25, 0.3) is 0 Å². The summed E-state index contributed by atoms with van der Waals surface area (Å²) >= 11 is 0. The Morgan fingerprint density at radius 3 is 2.86 bits per heavy atom. The van der Waals surface area contributed by atoms with Gasteiger partial charge in [-0.15, -0.1) is 0 Å². The van der Waals surface area contributed by atoms with Gasteiger partial charge in [0.2, 0.25) is 17.7 Å². The molecule has 1 aliphatic carbocycles. The Kier molecular flexibility index (Phi) is 8.93. The highest BCUT2D eigenvalue weighted by Gasteiger charge is 2.35. The Bertz CT molecular complexity index is 634. The number of ether oxygens (including phenoxy) is 1. The summed E-state index contributed by atoms with van der Waals surface area (Å²) in [5.74, 6) is -1.09. The van der Waals surface area contributed by atoms with Crippen LogP contribution in [0.1, 0.15) is 51.0 Å². The summed E-state index contributed by atoms with van der Waals surface area (Å²) in [4.78, 5) is 35.6. The number of nitrogens with two attached hydrogens (primary N) is 1. The molecule has 9 nitrogen and oxygen atoms in total. The molecule has 0 bridgehead atoms. The van der Waals surface area contributed by atoms with E-state index in [1.807, 2.05) is 13.1 Å². The molecule has 1 aromatic heterocycles. The van der Waals surface area contributed by atoms with E-state index in [0.29, 0.717) is 32.3 Å². The summed E-state index contributed by atoms with van der Waals surface area (Å²) in [6.07, 6.45) is 8.12. The molecule has 1 heterocycles. The van der Waals surface area contributed by atoms with Gasteiger partial charge in [-0.05, 0) is 44.1 Å². The molecule has 1 aromatic rings. The van der Waals surface area contributed by atoms with E-state index >= 15 is 0 Å². The van der Waals surface area contributed by atoms with Crippen LogP contribution in [0.3, 0.4) is 0 Å². The monoisotopic (exact) mass is 393 g/mol. The third kappa shape index (κ3) is 7.30. The summed E-state index contributed by atoms with van der Waals surface area (Å²) in [6.45, 7) is 2.48. The van der Waals surface area contributed by atoms with E-state index in [1.54, 1.807) is 6.20 Å². The van der Waals surface area contributed by atoms with Gasteiger partial charge in [-0.2, -0.15) is 5.10 Å². The molecule has 0 aromatic carbocycles. The van der Waals surface area contributed by atoms with E-state index in [0.717, 1.165) is 24.8 Å². The first-order valence-electron chi connectivity index (χ1n) is 9.94. The van der Waals surface area contributed by atoms with Crippen LogP contribution in [-0.2, 0) is 25.5 Å². The minimum absolute atomic E-state index is 0.0446. The molecule has 3 amide bonds. The number of primary amides is 1. The summed E-state index contributed by atoms with van der Waals surface area (Å²) in [5.41, 5.74) is 6.16. The molecule has 5 N–H and O–H groups in total. The lowest BCUT2D eigenvalue weighted by Crippen LogP contribution is -2.51. The van der Waals surface area contributed by atoms with Crippen molar-refractivity contribution in [1.82, 2.24) is 20.8 Å². The van der Waals surface area contributed by atoms with Gasteiger partial charge >= 0.3 is 0 Å². The van der Waals surface area contributed by atoms with E-state index in [4.69, 9.17) is 10.5 Å². The van der Waals surface area contributed by atoms with Crippen LogP contribution in [0.2, 0.25) is 0 Å². The number of nitrogens with one attached hydrogen (secondary N) is 3. The van der Waals surface area contributed by atoms with E-state index in [9.17, 15) is 14.4 Å². The minimum atomic E-state index is -0.573. The Labute approximate surface area is 165 Å². The van der Waals surface area contributed by atoms with Crippen molar-refractivity contribution in [2.45, 2.75) is 64.0 Å². The van der Waals surface area contributed by atoms with Crippen molar-refractivity contribution in [3.8, 4) is 0 Å². The van der Waals surface area contributed by atoms with Gasteiger partial charge in [0.05, 0.1) is 24.9 Å². The van der Waals surface area contributed by atoms with Gasteiger partial charge in [0.1, 0.15) is 0 Å². The van der Waals surface area contributed by atoms with Crippen molar-refractivity contribution in [3.05, 3.63) is 18.0 Å². The van der Waals surface area contributed by atoms with Gasteiger partial charge in [-0.3, -0.25) is 19.5 Å². The molecule has 156 valence electrons. The fraction of sp³-hybridized carbons (Fsp3) is 0.684. The number of aromatic amines is 1. The van der Waals surface area contributed by atoms with E-state index in [-0.39, 0.29) is 36.4 Å². The van der Waals surface area contributed by atoms with Crippen LogP contribution in [0.5, 0.6) is 0 Å². The Hall–Kier alpha value is -2.42. The predicted octanol–water partition coefficient (Wildman–Crippen LogP) is 0.414. The van der Waals surface area contributed by atoms with Gasteiger partial charge in [-0.25, -0.2) is 0 Å². The van der Waals surface area contributed by atoms with E-state index < -0.39 is 5.91 Å². The number of rotatable bonds is 11. The maximum atomic E-state index is 12.4. The third-order valence-electron chi connectivity index (χ3n) is 4.90. The molecule has 3 atom stereocenters. The van der Waals surface area contributed by atoms with Crippen LogP contribution in [0.15, 0.2) is 12.4 Å². The van der Waals surface area contributed by atoms with Crippen LogP contribution in [0.4, 0.5) is 0 Å². The van der Waals surface area contributed by atoms with Gasteiger partial charge in [-0.1, -0.05) is 6.92 Å². The molecule has 0 spiro atoms. The number of hydrogen-bond donors (Lipinski definition) is 4. The zero-order valence-corrected chi connectivity index (χ0v) is 16.4. The average Bonchev–Trinajstić information content (AvgIpc) is 3.18. The Morgan fingerprint density at radius 1 is 1.36 bits per heavy atom. The molecule has 1 aliphatic rings. The largest absolute Gasteiger partial charge is 0.376 e. The van der Waals surface area contributed by atoms with Crippen LogP contribution in [0, 0.1) is 5.92 Å². The molecule has 1 fully saturated rings. The maximum absolute atomic E-state index is 12.4. The number of aromatic nitrogens is 2. The number of H-pyrrole nitrogens is 1. The second-order valence-electron chi connectivity index (χ2n) is 7.24. The second-order valence-corrected chi connectivity index (χ2v) is 7.24. The molecule has 9 heteroatoms. The van der Waals surface area contributed by atoms with Crippen molar-refractivity contribution in [2.75, 3.05) is 13.2 Å². The van der Waals surface area contributed by atoms with Crippen LogP contribution < -0.4 is 16.4 Å². The number of carbonyl (C=O) groups is 3. The normalized spacial score (nSPS) is 21.8. The maximum Gasteiger partial charge on any atom is 0.236 e. The third-order valence-corrected chi connectivity index (χ3v) is 4.90. The standard InChI is InChI=1S/C19H31N5O4/c1-2-8-28-16-7-6-14(19(27)21-12-17(20)25)9-15(16)24-18(26)5-3-4-13-10-22-23-11-13/h10-11,14-16H,2-9,12H2,1H3,(H2,20,25)(H,21,27)(H,22,23)(H,24,26)/t14-,15+,16+/m0/s1. The van der Waals surface area contributed by atoms with Crippen molar-refractivity contribution in [1.29, 1.82) is 0 Å². The zero-order chi connectivity index (χ0) is 20.4. The second kappa shape index (κ2) is 11.4. The average molecular weight is 393 g/mol. The quantitative estimate of drug-likeness (QED) is 0.431. The van der Waals surface area contributed by atoms with E-state index in [1.165, 1.54) is 0 Å². The van der Waals surface area contributed by atoms with Crippen molar-refractivity contribution in [3.63, 3.8) is 0 Å². The zero-order valence-electron chi connectivity index (χ0n) is 16.4. The van der Waals surface area contributed by atoms with Crippen LogP contribution in [0.25, 0.3) is 0 Å². The summed E-state index contributed by atoms with van der Waals surface area (Å²) in [7, 11) is 0. The number of amides is 3. The predicted molar refractivity (Wildman–Crippen MR) is 103 cm³/mol. The first-order valence-corrected chi connectivity index (χ1v) is 9.94. The molecular weight excluding hydrogens is 362 g/mol. The smallest absolute Gasteiger partial charge is 0.236 e. The first-order chi connectivity index (χ1) is 13.5. The van der Waals surface area contributed by atoms with Crippen LogP contribution >= 0.6 is 0 Å². The molecule has 28 heavy (non-hydrogen) atoms. The SMILES string of the molecule is CCCO[C@@H]1CC[C@H](C(=O)NCC(N)=O)C[C@H]1NC(=O)CCCc1cn[nH]c1. The highest BCUT2D eigenvalue weighted by atomic mass is 16.5. The highest BCUT2D eigenvalue weighted by molar-refractivity contribution is 5.85. The fourth-order valence-corrected chi connectivity index (χ4v) is 3.47. The van der Waals surface area contributed by atoms with Gasteiger partial charge < -0.3 is 21.1 Å². The molecule has 0 saturated heterocycles. The van der Waals surface area contributed by atoms with Gasteiger partial charge in [0, 0.05) is 25.1 Å². The Morgan fingerprint density at radius 2 is 2.18 bits per heavy atom. The number of aryl methyl sites for hydroxylation is 1. The summed E-state index contributed by atoms with van der Waals surface area (Å²) in [6, 6.07) is -0.217. The lowest BCUT2D eigenvalue weighted by molar-refractivity contribution is -0.131. The minimum Gasteiger partial charge on any atom is -0.376 e. The molecule has 1 saturated carbocycles.